The fourth-order valence-electron chi connectivity index (χ4n) is 4.48. The number of benzene rings is 2. The summed E-state index contributed by atoms with van der Waals surface area (Å²) in [4.78, 5) is 14.7. The fraction of sp³-hybridized carbons (Fsp3) is 0.348. The highest BCUT2D eigenvalue weighted by Crippen LogP contribution is 2.51. The summed E-state index contributed by atoms with van der Waals surface area (Å²) in [5.41, 5.74) is 4.09. The molecule has 3 nitrogen and oxygen atoms in total. The predicted octanol–water partition coefficient (Wildman–Crippen LogP) is 6.30. The van der Waals surface area contributed by atoms with Crippen molar-refractivity contribution in [1.29, 1.82) is 0 Å². The number of nitrogens with zero attached hydrogens (tertiary/aromatic N) is 1. The molecule has 3 atom stereocenters. The number of hydrogen-bond donors (Lipinski definition) is 1. The minimum absolute atomic E-state index is 0.0918. The van der Waals surface area contributed by atoms with Crippen LogP contribution in [-0.4, -0.2) is 23.9 Å². The van der Waals surface area contributed by atoms with E-state index in [1.807, 2.05) is 43.0 Å². The van der Waals surface area contributed by atoms with Crippen molar-refractivity contribution in [2.75, 3.05) is 18.4 Å². The predicted molar refractivity (Wildman–Crippen MR) is 117 cm³/mol. The van der Waals surface area contributed by atoms with E-state index >= 15 is 0 Å². The Morgan fingerprint density at radius 2 is 1.89 bits per heavy atom. The van der Waals surface area contributed by atoms with Gasteiger partial charge in [0, 0.05) is 40.3 Å². The quantitative estimate of drug-likeness (QED) is 0.594. The van der Waals surface area contributed by atoms with Crippen LogP contribution in [0.5, 0.6) is 0 Å². The number of allylic oxidation sites excluding steroid dienone is 2. The summed E-state index contributed by atoms with van der Waals surface area (Å²) in [6, 6.07) is 11.8. The number of rotatable bonds is 4. The molecule has 0 bridgehead atoms. The third kappa shape index (κ3) is 3.31. The lowest BCUT2D eigenvalue weighted by atomic mass is 9.76. The van der Waals surface area contributed by atoms with Crippen molar-refractivity contribution in [2.24, 2.45) is 5.92 Å². The molecule has 4 rings (SSSR count). The van der Waals surface area contributed by atoms with Crippen molar-refractivity contribution in [3.8, 4) is 0 Å². The largest absolute Gasteiger partial charge is 0.378 e. The van der Waals surface area contributed by atoms with Gasteiger partial charge in [0.1, 0.15) is 0 Å². The molecule has 0 fully saturated rings. The summed E-state index contributed by atoms with van der Waals surface area (Å²) in [5.74, 6) is 0.733. The van der Waals surface area contributed by atoms with Crippen LogP contribution in [0.1, 0.15) is 53.7 Å². The van der Waals surface area contributed by atoms with Gasteiger partial charge >= 0.3 is 0 Å². The lowest BCUT2D eigenvalue weighted by molar-refractivity contribution is 0.0773. The van der Waals surface area contributed by atoms with Gasteiger partial charge in [0.15, 0.2) is 0 Å². The van der Waals surface area contributed by atoms with Gasteiger partial charge in [-0.1, -0.05) is 41.4 Å². The number of halogens is 2. The SMILES string of the molecule is CCN(CC)C(=O)c1ccc2c(c1)[C@@H]1C=CC[C@@H]1[C@@H](c1ccc(Cl)cc1Cl)N2. The molecule has 146 valence electrons. The number of carbonyl (C=O) groups is 1. The molecular formula is C23H24Cl2N2O. The Morgan fingerprint density at radius 3 is 2.61 bits per heavy atom. The molecule has 0 spiro atoms. The average Bonchev–Trinajstić information content (AvgIpc) is 3.18. The van der Waals surface area contributed by atoms with Crippen LogP contribution in [0.2, 0.25) is 10.0 Å². The van der Waals surface area contributed by atoms with Gasteiger partial charge in [0.25, 0.3) is 5.91 Å². The maximum Gasteiger partial charge on any atom is 0.253 e. The van der Waals surface area contributed by atoms with Gasteiger partial charge < -0.3 is 10.2 Å². The van der Waals surface area contributed by atoms with Crippen LogP contribution in [0.15, 0.2) is 48.6 Å². The molecule has 1 heterocycles. The molecule has 0 saturated carbocycles. The number of nitrogens with one attached hydrogen (secondary N) is 1. The van der Waals surface area contributed by atoms with E-state index in [1.54, 1.807) is 6.07 Å². The van der Waals surface area contributed by atoms with Crippen molar-refractivity contribution in [1.82, 2.24) is 4.90 Å². The molecule has 2 aromatic carbocycles. The van der Waals surface area contributed by atoms with Gasteiger partial charge in [-0.15, -0.1) is 0 Å². The van der Waals surface area contributed by atoms with Crippen molar-refractivity contribution >= 4 is 34.8 Å². The first-order valence-corrected chi connectivity index (χ1v) is 10.6. The van der Waals surface area contributed by atoms with Gasteiger partial charge in [-0.25, -0.2) is 0 Å². The molecule has 1 aliphatic carbocycles. The van der Waals surface area contributed by atoms with Gasteiger partial charge in [-0.2, -0.15) is 0 Å². The van der Waals surface area contributed by atoms with Crippen LogP contribution >= 0.6 is 23.2 Å². The molecule has 2 aromatic rings. The number of anilines is 1. The Hall–Kier alpha value is -1.97. The van der Waals surface area contributed by atoms with E-state index in [-0.39, 0.29) is 17.9 Å². The summed E-state index contributed by atoms with van der Waals surface area (Å²) in [6.07, 6.45) is 5.49. The monoisotopic (exact) mass is 414 g/mol. The number of carbonyl (C=O) groups excluding carboxylic acids is 1. The van der Waals surface area contributed by atoms with E-state index in [9.17, 15) is 4.79 Å². The second kappa shape index (κ2) is 7.81. The number of fused-ring (bicyclic) bond motifs is 3. The molecule has 0 radical (unpaired) electrons. The topological polar surface area (TPSA) is 32.3 Å². The first kappa shape index (κ1) is 19.4. The van der Waals surface area contributed by atoms with Gasteiger partial charge in [0.2, 0.25) is 0 Å². The summed E-state index contributed by atoms with van der Waals surface area (Å²) in [6.45, 7) is 5.46. The standard InChI is InChI=1S/C23H24Cl2N2O/c1-3-27(4-2)23(28)14-8-11-21-19(12-14)16-6-5-7-17(16)22(26-21)18-10-9-15(24)13-20(18)25/h5-6,8-13,16-17,22,26H,3-4,7H2,1-2H3/t16-,17+,22+/m1/s1. The van der Waals surface area contributed by atoms with Crippen LogP contribution in [0, 0.1) is 5.92 Å². The van der Waals surface area contributed by atoms with E-state index in [0.29, 0.717) is 29.1 Å². The highest BCUT2D eigenvalue weighted by atomic mass is 35.5. The zero-order valence-electron chi connectivity index (χ0n) is 16.1. The third-order valence-electron chi connectivity index (χ3n) is 5.96. The second-order valence-corrected chi connectivity index (χ2v) is 8.26. The highest BCUT2D eigenvalue weighted by molar-refractivity contribution is 6.35. The second-order valence-electron chi connectivity index (χ2n) is 7.42. The molecule has 1 aliphatic heterocycles. The maximum atomic E-state index is 12.8. The maximum absolute atomic E-state index is 12.8. The van der Waals surface area contributed by atoms with Crippen molar-refractivity contribution in [3.63, 3.8) is 0 Å². The first-order chi connectivity index (χ1) is 13.5. The van der Waals surface area contributed by atoms with E-state index < -0.39 is 0 Å². The van der Waals surface area contributed by atoms with Gasteiger partial charge in [-0.3, -0.25) is 4.79 Å². The van der Waals surface area contributed by atoms with Crippen LogP contribution < -0.4 is 5.32 Å². The minimum Gasteiger partial charge on any atom is -0.378 e. The lowest BCUT2D eigenvalue weighted by Gasteiger charge is -2.38. The molecule has 2 aliphatic rings. The van der Waals surface area contributed by atoms with E-state index in [0.717, 1.165) is 23.2 Å². The number of hydrogen-bond acceptors (Lipinski definition) is 2. The smallest absolute Gasteiger partial charge is 0.253 e. The third-order valence-corrected chi connectivity index (χ3v) is 6.52. The fourth-order valence-corrected chi connectivity index (χ4v) is 5.01. The molecular weight excluding hydrogens is 391 g/mol. The lowest BCUT2D eigenvalue weighted by Crippen LogP contribution is -2.32. The Bertz CT molecular complexity index is 936. The first-order valence-electron chi connectivity index (χ1n) is 9.84. The Morgan fingerprint density at radius 1 is 1.11 bits per heavy atom. The average molecular weight is 415 g/mol. The Labute approximate surface area is 176 Å². The molecule has 0 aromatic heterocycles. The van der Waals surface area contributed by atoms with E-state index in [4.69, 9.17) is 23.2 Å². The molecule has 5 heteroatoms. The van der Waals surface area contributed by atoms with Crippen LogP contribution in [-0.2, 0) is 0 Å². The summed E-state index contributed by atoms with van der Waals surface area (Å²) >= 11 is 12.6. The Balaban J connectivity index is 1.72. The number of amides is 1. The summed E-state index contributed by atoms with van der Waals surface area (Å²) in [7, 11) is 0. The molecule has 28 heavy (non-hydrogen) atoms. The van der Waals surface area contributed by atoms with Gasteiger partial charge in [0.05, 0.1) is 6.04 Å². The summed E-state index contributed by atoms with van der Waals surface area (Å²) in [5, 5.41) is 5.01. The van der Waals surface area contributed by atoms with Crippen LogP contribution in [0.25, 0.3) is 0 Å². The normalized spacial score (nSPS) is 22.4. The summed E-state index contributed by atoms with van der Waals surface area (Å²) < 4.78 is 0. The molecule has 1 amide bonds. The van der Waals surface area contributed by atoms with E-state index in [2.05, 4.69) is 23.5 Å². The van der Waals surface area contributed by atoms with E-state index in [1.165, 1.54) is 5.56 Å². The van der Waals surface area contributed by atoms with Crippen molar-refractivity contribution < 1.29 is 4.79 Å². The molecule has 0 saturated heterocycles. The highest BCUT2D eigenvalue weighted by Gasteiger charge is 2.39. The zero-order chi connectivity index (χ0) is 19.8. The van der Waals surface area contributed by atoms with Crippen molar-refractivity contribution in [3.05, 3.63) is 75.3 Å². The molecule has 1 N–H and O–H groups in total. The Kier molecular flexibility index (Phi) is 5.39. The zero-order valence-corrected chi connectivity index (χ0v) is 17.6. The van der Waals surface area contributed by atoms with Crippen molar-refractivity contribution in [2.45, 2.75) is 32.2 Å². The molecule has 0 unspecified atom stereocenters. The minimum atomic E-state index is 0.0918. The van der Waals surface area contributed by atoms with Gasteiger partial charge in [-0.05, 0) is 67.6 Å². The van der Waals surface area contributed by atoms with Crippen LogP contribution in [0.3, 0.4) is 0 Å². The van der Waals surface area contributed by atoms with Crippen LogP contribution in [0.4, 0.5) is 5.69 Å².